The van der Waals surface area contributed by atoms with Crippen molar-refractivity contribution in [2.75, 3.05) is 6.61 Å². The van der Waals surface area contributed by atoms with E-state index in [0.717, 1.165) is 5.56 Å². The van der Waals surface area contributed by atoms with Crippen LogP contribution in [-0.4, -0.2) is 17.6 Å². The van der Waals surface area contributed by atoms with Crippen LogP contribution in [0.4, 0.5) is 0 Å². The predicted octanol–water partition coefficient (Wildman–Crippen LogP) is 2.91. The first-order valence-electron chi connectivity index (χ1n) is 7.65. The van der Waals surface area contributed by atoms with Crippen LogP contribution < -0.4 is 9.84 Å². The van der Waals surface area contributed by atoms with Crippen LogP contribution in [0.15, 0.2) is 52.9 Å². The van der Waals surface area contributed by atoms with Crippen LogP contribution in [0.1, 0.15) is 24.8 Å². The molecule has 2 aromatic carbocycles. The van der Waals surface area contributed by atoms with E-state index in [1.807, 2.05) is 49.4 Å². The molecule has 24 heavy (non-hydrogen) atoms. The molecule has 1 heterocycles. The number of benzene rings is 2. The quantitative estimate of drug-likeness (QED) is 0.697. The normalized spacial score (nSPS) is 11.6. The molecule has 0 saturated carbocycles. The van der Waals surface area contributed by atoms with E-state index < -0.39 is 5.97 Å². The minimum atomic E-state index is -1.20. The highest BCUT2D eigenvalue weighted by Crippen LogP contribution is 2.28. The van der Waals surface area contributed by atoms with Crippen molar-refractivity contribution in [2.45, 2.75) is 13.3 Å². The van der Waals surface area contributed by atoms with Crippen molar-refractivity contribution in [1.82, 2.24) is 4.98 Å². The zero-order valence-electron chi connectivity index (χ0n) is 13.2. The molecule has 0 fully saturated rings. The minimum Gasteiger partial charge on any atom is -0.550 e. The molecule has 0 aliphatic carbocycles. The molecular weight excluding hydrogens is 306 g/mol. The first-order valence-corrected chi connectivity index (χ1v) is 7.65. The van der Waals surface area contributed by atoms with Gasteiger partial charge in [0.25, 0.3) is 0 Å². The van der Waals surface area contributed by atoms with Gasteiger partial charge in [-0.15, -0.1) is 0 Å². The van der Waals surface area contributed by atoms with Gasteiger partial charge in [0, 0.05) is 23.5 Å². The molecule has 0 unspecified atom stereocenters. The molecule has 0 radical (unpaired) electrons. The number of rotatable bonds is 6. The number of hydrogen-bond donors (Lipinski definition) is 0. The Kier molecular flexibility index (Phi) is 4.61. The van der Waals surface area contributed by atoms with E-state index in [1.54, 1.807) is 12.1 Å². The van der Waals surface area contributed by atoms with Gasteiger partial charge < -0.3 is 19.1 Å². The number of carboxylic acids is 1. The summed E-state index contributed by atoms with van der Waals surface area (Å²) in [6.07, 6.45) is 1.42. The number of carboxylic acid groups (broad SMARTS) is 1. The van der Waals surface area contributed by atoms with E-state index in [4.69, 9.17) is 9.15 Å². The van der Waals surface area contributed by atoms with E-state index in [2.05, 4.69) is 4.98 Å². The van der Waals surface area contributed by atoms with Crippen LogP contribution in [0.2, 0.25) is 0 Å². The fraction of sp³-hybridized carbons (Fsp3) is 0.158. The standard InChI is InChI=1S/C19H17NO4/c1-2-23-16-9-5-3-7-13(16)11-14(12-18(21)22)19-20-15-8-4-6-10-17(15)24-19/h3-11H,2,12H2,1H3,(H,21,22)/p-1/b14-11+. The molecule has 0 amide bonds. The van der Waals surface area contributed by atoms with Crippen molar-refractivity contribution < 1.29 is 19.1 Å². The second kappa shape index (κ2) is 7.00. The number of aromatic nitrogens is 1. The Morgan fingerprint density at radius 3 is 2.71 bits per heavy atom. The Bertz CT molecular complexity index is 862. The van der Waals surface area contributed by atoms with Crippen LogP contribution in [0, 0.1) is 0 Å². The molecular formula is C19H16NO4-. The Morgan fingerprint density at radius 1 is 1.21 bits per heavy atom. The lowest BCUT2D eigenvalue weighted by molar-refractivity contribution is -0.304. The number of hydrogen-bond acceptors (Lipinski definition) is 5. The van der Waals surface area contributed by atoms with Crippen molar-refractivity contribution >= 4 is 28.7 Å². The fourth-order valence-corrected chi connectivity index (χ4v) is 2.43. The van der Waals surface area contributed by atoms with Crippen molar-refractivity contribution in [1.29, 1.82) is 0 Å². The van der Waals surface area contributed by atoms with Crippen LogP contribution >= 0.6 is 0 Å². The van der Waals surface area contributed by atoms with Crippen LogP contribution in [0.25, 0.3) is 22.7 Å². The van der Waals surface area contributed by atoms with Gasteiger partial charge in [-0.1, -0.05) is 30.3 Å². The summed E-state index contributed by atoms with van der Waals surface area (Å²) in [4.78, 5) is 15.5. The van der Waals surface area contributed by atoms with E-state index in [1.165, 1.54) is 0 Å². The summed E-state index contributed by atoms with van der Waals surface area (Å²) in [5.41, 5.74) is 2.47. The predicted molar refractivity (Wildman–Crippen MR) is 89.1 cm³/mol. The molecule has 3 aromatic rings. The van der Waals surface area contributed by atoms with E-state index >= 15 is 0 Å². The van der Waals surface area contributed by atoms with Crippen LogP contribution in [0.5, 0.6) is 5.75 Å². The largest absolute Gasteiger partial charge is 0.550 e. The highest BCUT2D eigenvalue weighted by molar-refractivity contribution is 5.91. The van der Waals surface area contributed by atoms with Gasteiger partial charge in [0.2, 0.25) is 5.89 Å². The van der Waals surface area contributed by atoms with Gasteiger partial charge in [-0.25, -0.2) is 4.98 Å². The second-order valence-corrected chi connectivity index (χ2v) is 5.18. The van der Waals surface area contributed by atoms with E-state index in [-0.39, 0.29) is 12.3 Å². The van der Waals surface area contributed by atoms with Crippen molar-refractivity contribution in [3.8, 4) is 5.75 Å². The van der Waals surface area contributed by atoms with Gasteiger partial charge in [0.15, 0.2) is 5.58 Å². The van der Waals surface area contributed by atoms with Gasteiger partial charge in [-0.05, 0) is 31.2 Å². The number of ether oxygens (including phenoxy) is 1. The number of fused-ring (bicyclic) bond motifs is 1. The molecule has 0 bridgehead atoms. The maximum atomic E-state index is 11.1. The molecule has 0 aliphatic rings. The number of carbonyl (C=O) groups is 1. The van der Waals surface area contributed by atoms with Crippen molar-refractivity contribution in [3.63, 3.8) is 0 Å². The number of nitrogens with zero attached hydrogens (tertiary/aromatic N) is 1. The summed E-state index contributed by atoms with van der Waals surface area (Å²) in [6, 6.07) is 14.7. The maximum absolute atomic E-state index is 11.1. The first-order chi connectivity index (χ1) is 11.7. The number of oxazole rings is 1. The van der Waals surface area contributed by atoms with Crippen molar-refractivity contribution in [3.05, 3.63) is 60.0 Å². The molecule has 3 rings (SSSR count). The molecule has 0 aliphatic heterocycles. The molecule has 5 nitrogen and oxygen atoms in total. The Hall–Kier alpha value is -3.08. The molecule has 1 aromatic heterocycles. The van der Waals surface area contributed by atoms with Gasteiger partial charge in [-0.2, -0.15) is 0 Å². The first kappa shape index (κ1) is 15.8. The van der Waals surface area contributed by atoms with Gasteiger partial charge in [-0.3, -0.25) is 0 Å². The third kappa shape index (κ3) is 3.46. The maximum Gasteiger partial charge on any atom is 0.223 e. The summed E-state index contributed by atoms with van der Waals surface area (Å²) in [6.45, 7) is 2.41. The van der Waals surface area contributed by atoms with Crippen molar-refractivity contribution in [2.24, 2.45) is 0 Å². The Morgan fingerprint density at radius 2 is 1.96 bits per heavy atom. The second-order valence-electron chi connectivity index (χ2n) is 5.18. The smallest absolute Gasteiger partial charge is 0.223 e. The molecule has 0 spiro atoms. The van der Waals surface area contributed by atoms with E-state index in [9.17, 15) is 9.90 Å². The summed E-state index contributed by atoms with van der Waals surface area (Å²) in [5, 5.41) is 11.1. The molecule has 122 valence electrons. The topological polar surface area (TPSA) is 75.4 Å². The summed E-state index contributed by atoms with van der Waals surface area (Å²) in [5.74, 6) is -0.254. The highest BCUT2D eigenvalue weighted by Gasteiger charge is 2.12. The van der Waals surface area contributed by atoms with Crippen LogP contribution in [-0.2, 0) is 4.79 Å². The lowest BCUT2D eigenvalue weighted by Gasteiger charge is -2.09. The highest BCUT2D eigenvalue weighted by atomic mass is 16.5. The Balaban J connectivity index is 2.07. The molecule has 0 N–H and O–H groups in total. The van der Waals surface area contributed by atoms with E-state index in [0.29, 0.717) is 29.0 Å². The third-order valence-corrected chi connectivity index (χ3v) is 3.45. The summed E-state index contributed by atoms with van der Waals surface area (Å²) < 4.78 is 11.3. The zero-order chi connectivity index (χ0) is 16.9. The SMILES string of the molecule is CCOc1ccccc1/C=C(\CC(=O)[O-])c1nc2ccccc2o1. The number of carbonyl (C=O) groups excluding carboxylic acids is 1. The lowest BCUT2D eigenvalue weighted by atomic mass is 10.1. The minimum absolute atomic E-state index is 0.270. The summed E-state index contributed by atoms with van der Waals surface area (Å²) >= 11 is 0. The monoisotopic (exact) mass is 322 g/mol. The van der Waals surface area contributed by atoms with Gasteiger partial charge in [0.1, 0.15) is 11.3 Å². The fourth-order valence-electron chi connectivity index (χ4n) is 2.43. The van der Waals surface area contributed by atoms with Gasteiger partial charge >= 0.3 is 0 Å². The average molecular weight is 322 g/mol. The molecule has 5 heteroatoms. The van der Waals surface area contributed by atoms with Gasteiger partial charge in [0.05, 0.1) is 6.61 Å². The number of para-hydroxylation sites is 3. The average Bonchev–Trinajstić information content (AvgIpc) is 3.00. The third-order valence-electron chi connectivity index (χ3n) is 3.45. The molecule has 0 atom stereocenters. The zero-order valence-corrected chi connectivity index (χ0v) is 13.2. The van der Waals surface area contributed by atoms with Crippen LogP contribution in [0.3, 0.4) is 0 Å². The lowest BCUT2D eigenvalue weighted by Crippen LogP contribution is -2.22. The Labute approximate surface area is 139 Å². The summed E-state index contributed by atoms with van der Waals surface area (Å²) in [7, 11) is 0. The number of aliphatic carboxylic acids is 1. The molecule has 0 saturated heterocycles.